The molecule has 8 nitrogen and oxygen atoms in total. The molecule has 4 rings (SSSR count). The molecule has 0 aliphatic carbocycles. The third kappa shape index (κ3) is 7.79. The lowest BCUT2D eigenvalue weighted by Crippen LogP contribution is -2.38. The highest BCUT2D eigenvalue weighted by Gasteiger charge is 2.18. The van der Waals surface area contributed by atoms with E-state index in [1.165, 1.54) is 12.8 Å². The van der Waals surface area contributed by atoms with E-state index in [4.69, 9.17) is 5.73 Å². The highest BCUT2D eigenvalue weighted by Crippen LogP contribution is 2.19. The highest BCUT2D eigenvalue weighted by molar-refractivity contribution is 6.04. The van der Waals surface area contributed by atoms with Crippen molar-refractivity contribution in [2.24, 2.45) is 5.92 Å². The van der Waals surface area contributed by atoms with Crippen LogP contribution < -0.4 is 16.4 Å². The number of likely N-dealkylation sites (tertiary alicyclic amines) is 1. The fourth-order valence-electron chi connectivity index (χ4n) is 4.62. The smallest absolute Gasteiger partial charge is 0.322 e. The molecule has 0 saturated carbocycles. The van der Waals surface area contributed by atoms with E-state index >= 15 is 0 Å². The van der Waals surface area contributed by atoms with E-state index in [0.717, 1.165) is 48.8 Å². The number of urea groups is 1. The van der Waals surface area contributed by atoms with Crippen molar-refractivity contribution in [3.05, 3.63) is 83.7 Å². The van der Waals surface area contributed by atoms with Crippen LogP contribution in [0.1, 0.15) is 47.8 Å². The van der Waals surface area contributed by atoms with Crippen LogP contribution in [-0.2, 0) is 6.54 Å². The highest BCUT2D eigenvalue weighted by atomic mass is 16.2. The lowest BCUT2D eigenvalue weighted by Gasteiger charge is -2.31. The Morgan fingerprint density at radius 2 is 1.84 bits per heavy atom. The number of carbonyl (C=O) groups excluding carboxylic acids is 2. The van der Waals surface area contributed by atoms with Gasteiger partial charge in [0.25, 0.3) is 5.91 Å². The Labute approximate surface area is 225 Å². The topological polar surface area (TPSA) is 104 Å². The SMILES string of the molecule is Cc1cccc(NC(=O)N(CCCN2CCC(C)CC2)Cc2ccc(C(=O)Nc3ccccc3N)nc2)c1. The molecule has 0 radical (unpaired) electrons. The largest absolute Gasteiger partial charge is 0.397 e. The van der Waals surface area contributed by atoms with Gasteiger partial charge in [-0.25, -0.2) is 4.79 Å². The number of para-hydroxylation sites is 2. The molecule has 200 valence electrons. The molecule has 38 heavy (non-hydrogen) atoms. The predicted octanol–water partition coefficient (Wildman–Crippen LogP) is 5.38. The van der Waals surface area contributed by atoms with E-state index in [1.54, 1.807) is 24.4 Å². The first kappa shape index (κ1) is 27.1. The number of rotatable bonds is 9. The van der Waals surface area contributed by atoms with Gasteiger partial charge in [-0.2, -0.15) is 0 Å². The van der Waals surface area contributed by atoms with Crippen molar-refractivity contribution >= 4 is 29.0 Å². The maximum atomic E-state index is 13.3. The van der Waals surface area contributed by atoms with Crippen LogP contribution in [0.5, 0.6) is 0 Å². The Morgan fingerprint density at radius 3 is 2.55 bits per heavy atom. The second-order valence-electron chi connectivity index (χ2n) is 10.2. The average Bonchev–Trinajstić information content (AvgIpc) is 2.91. The molecule has 4 N–H and O–H groups in total. The van der Waals surface area contributed by atoms with Gasteiger partial charge in [-0.05, 0) is 93.2 Å². The Kier molecular flexibility index (Phi) is 9.32. The summed E-state index contributed by atoms with van der Waals surface area (Å²) >= 11 is 0. The summed E-state index contributed by atoms with van der Waals surface area (Å²) in [6.07, 6.45) is 5.02. The van der Waals surface area contributed by atoms with Gasteiger partial charge < -0.3 is 26.2 Å². The van der Waals surface area contributed by atoms with Gasteiger partial charge in [-0.3, -0.25) is 9.78 Å². The summed E-state index contributed by atoms with van der Waals surface area (Å²) in [5, 5.41) is 5.83. The fourth-order valence-corrected chi connectivity index (χ4v) is 4.62. The molecule has 1 saturated heterocycles. The summed E-state index contributed by atoms with van der Waals surface area (Å²) in [7, 11) is 0. The standard InChI is InChI=1S/C30H38N6O2/c1-22-13-17-35(18-14-22)15-6-16-36(30(38)33-25-8-5-7-23(2)19-25)21-24-11-12-28(32-20-24)29(37)34-27-10-4-3-9-26(27)31/h3-5,7-12,19-20,22H,6,13-18,21,31H2,1-2H3,(H,33,38)(H,34,37). The number of benzene rings is 2. The van der Waals surface area contributed by atoms with Gasteiger partial charge in [0.1, 0.15) is 5.69 Å². The van der Waals surface area contributed by atoms with E-state index in [9.17, 15) is 9.59 Å². The zero-order chi connectivity index (χ0) is 26.9. The minimum Gasteiger partial charge on any atom is -0.397 e. The van der Waals surface area contributed by atoms with Gasteiger partial charge in [-0.1, -0.05) is 37.3 Å². The minimum atomic E-state index is -0.334. The molecule has 0 bridgehead atoms. The minimum absolute atomic E-state index is 0.149. The van der Waals surface area contributed by atoms with Crippen molar-refractivity contribution in [2.75, 3.05) is 42.5 Å². The maximum absolute atomic E-state index is 13.3. The zero-order valence-corrected chi connectivity index (χ0v) is 22.3. The number of aryl methyl sites for hydroxylation is 1. The fraction of sp³-hybridized carbons (Fsp3) is 0.367. The van der Waals surface area contributed by atoms with Crippen LogP contribution in [0.25, 0.3) is 0 Å². The van der Waals surface area contributed by atoms with Gasteiger partial charge in [0.2, 0.25) is 0 Å². The van der Waals surface area contributed by atoms with Crippen LogP contribution in [0.2, 0.25) is 0 Å². The molecule has 0 atom stereocenters. The summed E-state index contributed by atoms with van der Waals surface area (Å²) in [5.74, 6) is 0.463. The Balaban J connectivity index is 1.39. The summed E-state index contributed by atoms with van der Waals surface area (Å²) < 4.78 is 0. The second-order valence-corrected chi connectivity index (χ2v) is 10.2. The Bertz CT molecular complexity index is 1220. The summed E-state index contributed by atoms with van der Waals surface area (Å²) in [5.41, 5.74) is 9.97. The molecular weight excluding hydrogens is 476 g/mol. The number of anilines is 3. The number of nitrogens with one attached hydrogen (secondary N) is 2. The molecule has 3 aromatic rings. The molecule has 2 aromatic carbocycles. The first-order chi connectivity index (χ1) is 18.4. The lowest BCUT2D eigenvalue weighted by molar-refractivity contribution is 0.102. The molecule has 1 aliphatic rings. The molecule has 3 amide bonds. The number of nitrogens with two attached hydrogens (primary N) is 1. The van der Waals surface area contributed by atoms with Gasteiger partial charge in [0, 0.05) is 25.0 Å². The second kappa shape index (κ2) is 13.1. The quantitative estimate of drug-likeness (QED) is 0.333. The van der Waals surface area contributed by atoms with Crippen molar-refractivity contribution in [2.45, 2.75) is 39.7 Å². The number of hydrogen-bond acceptors (Lipinski definition) is 5. The van der Waals surface area contributed by atoms with E-state index in [0.29, 0.717) is 24.5 Å². The number of aromatic nitrogens is 1. The third-order valence-corrected chi connectivity index (χ3v) is 6.97. The van der Waals surface area contributed by atoms with Crippen LogP contribution in [0, 0.1) is 12.8 Å². The normalized spacial score (nSPS) is 14.2. The maximum Gasteiger partial charge on any atom is 0.322 e. The van der Waals surface area contributed by atoms with Crippen LogP contribution in [0.4, 0.5) is 21.9 Å². The van der Waals surface area contributed by atoms with Crippen LogP contribution in [-0.4, -0.2) is 52.9 Å². The number of pyridine rings is 1. The van der Waals surface area contributed by atoms with Crippen molar-refractivity contribution in [3.8, 4) is 0 Å². The predicted molar refractivity (Wildman–Crippen MR) is 153 cm³/mol. The number of hydrogen-bond donors (Lipinski definition) is 3. The van der Waals surface area contributed by atoms with Gasteiger partial charge in [0.15, 0.2) is 0 Å². The lowest BCUT2D eigenvalue weighted by atomic mass is 9.99. The molecule has 0 spiro atoms. The third-order valence-electron chi connectivity index (χ3n) is 6.97. The van der Waals surface area contributed by atoms with Crippen LogP contribution in [0.15, 0.2) is 66.9 Å². The monoisotopic (exact) mass is 514 g/mol. The summed E-state index contributed by atoms with van der Waals surface area (Å²) in [4.78, 5) is 34.6. The van der Waals surface area contributed by atoms with E-state index in [2.05, 4.69) is 27.4 Å². The molecule has 2 heterocycles. The van der Waals surface area contributed by atoms with Crippen molar-refractivity contribution < 1.29 is 9.59 Å². The Morgan fingerprint density at radius 1 is 1.05 bits per heavy atom. The van der Waals surface area contributed by atoms with Crippen molar-refractivity contribution in [1.29, 1.82) is 0 Å². The molecule has 1 aromatic heterocycles. The Hall–Kier alpha value is -3.91. The molecule has 8 heteroatoms. The van der Waals surface area contributed by atoms with Gasteiger partial charge in [-0.15, -0.1) is 0 Å². The molecular formula is C30H38N6O2. The number of piperidine rings is 1. The summed E-state index contributed by atoms with van der Waals surface area (Å²) in [6, 6.07) is 18.3. The number of amides is 3. The van der Waals surface area contributed by atoms with Crippen molar-refractivity contribution in [3.63, 3.8) is 0 Å². The van der Waals surface area contributed by atoms with E-state index in [1.807, 2.05) is 54.3 Å². The summed E-state index contributed by atoms with van der Waals surface area (Å²) in [6.45, 7) is 8.56. The zero-order valence-electron chi connectivity index (χ0n) is 22.3. The molecule has 0 unspecified atom stereocenters. The van der Waals surface area contributed by atoms with Gasteiger partial charge in [0.05, 0.1) is 11.4 Å². The van der Waals surface area contributed by atoms with Gasteiger partial charge >= 0.3 is 6.03 Å². The van der Waals surface area contributed by atoms with Crippen molar-refractivity contribution in [1.82, 2.24) is 14.8 Å². The van der Waals surface area contributed by atoms with E-state index in [-0.39, 0.29) is 17.6 Å². The molecule has 1 aliphatic heterocycles. The average molecular weight is 515 g/mol. The molecule has 1 fully saturated rings. The number of nitrogens with zero attached hydrogens (tertiary/aromatic N) is 3. The van der Waals surface area contributed by atoms with Crippen LogP contribution >= 0.6 is 0 Å². The first-order valence-corrected chi connectivity index (χ1v) is 13.3. The number of nitrogen functional groups attached to an aromatic ring is 1. The first-order valence-electron chi connectivity index (χ1n) is 13.3. The van der Waals surface area contributed by atoms with E-state index < -0.39 is 0 Å². The van der Waals surface area contributed by atoms with Crippen LogP contribution in [0.3, 0.4) is 0 Å². The number of carbonyl (C=O) groups is 2.